The summed E-state index contributed by atoms with van der Waals surface area (Å²) in [6.45, 7) is 9.12. The van der Waals surface area contributed by atoms with E-state index in [1.807, 2.05) is 13.8 Å². The number of aryl methyl sites for hydroxylation is 1. The normalized spacial score (nSPS) is 12.5. The molecule has 1 atom stereocenters. The van der Waals surface area contributed by atoms with Gasteiger partial charge in [-0.1, -0.05) is 50.6 Å². The molecule has 0 aliphatic heterocycles. The first kappa shape index (κ1) is 15.7. The van der Waals surface area contributed by atoms with Crippen LogP contribution in [0.25, 0.3) is 0 Å². The predicted octanol–water partition coefficient (Wildman–Crippen LogP) is 3.06. The summed E-state index contributed by atoms with van der Waals surface area (Å²) in [5, 5.41) is 3.42. The second-order valence-corrected chi connectivity index (χ2v) is 5.26. The second kappa shape index (κ2) is 7.95. The van der Waals surface area contributed by atoms with Gasteiger partial charge in [0.25, 0.3) is 0 Å². The summed E-state index contributed by atoms with van der Waals surface area (Å²) in [6, 6.07) is 8.67. The smallest absolute Gasteiger partial charge is 0.308 e. The lowest BCUT2D eigenvalue weighted by atomic mass is 10.1. The summed E-state index contributed by atoms with van der Waals surface area (Å²) in [6.07, 6.45) is 0.942. The van der Waals surface area contributed by atoms with Crippen molar-refractivity contribution in [3.05, 3.63) is 35.4 Å². The van der Waals surface area contributed by atoms with Gasteiger partial charge >= 0.3 is 5.97 Å². The maximum absolute atomic E-state index is 11.4. The van der Waals surface area contributed by atoms with E-state index in [0.717, 1.165) is 13.0 Å². The van der Waals surface area contributed by atoms with E-state index in [1.165, 1.54) is 11.1 Å². The Kier molecular flexibility index (Phi) is 6.57. The highest BCUT2D eigenvalue weighted by molar-refractivity contribution is 5.71. The molecule has 0 saturated heterocycles. The SMILES string of the molecule is CCC(COC(=O)C(C)C)NCc1ccc(C)cc1. The van der Waals surface area contributed by atoms with Gasteiger partial charge in [-0.3, -0.25) is 4.79 Å². The number of nitrogens with one attached hydrogen (secondary N) is 1. The fourth-order valence-corrected chi connectivity index (χ4v) is 1.64. The number of hydrogen-bond acceptors (Lipinski definition) is 3. The first-order chi connectivity index (χ1) is 9.02. The molecule has 1 N–H and O–H groups in total. The fourth-order valence-electron chi connectivity index (χ4n) is 1.64. The molecule has 0 spiro atoms. The maximum atomic E-state index is 11.4. The molecule has 19 heavy (non-hydrogen) atoms. The van der Waals surface area contributed by atoms with Crippen molar-refractivity contribution >= 4 is 5.97 Å². The Morgan fingerprint density at radius 1 is 1.26 bits per heavy atom. The average Bonchev–Trinajstić information content (AvgIpc) is 2.40. The zero-order chi connectivity index (χ0) is 14.3. The number of ether oxygens (including phenoxy) is 1. The minimum absolute atomic E-state index is 0.0606. The van der Waals surface area contributed by atoms with E-state index in [2.05, 4.69) is 43.4 Å². The average molecular weight is 263 g/mol. The molecule has 3 heteroatoms. The van der Waals surface area contributed by atoms with Crippen LogP contribution in [0, 0.1) is 12.8 Å². The van der Waals surface area contributed by atoms with Crippen molar-refractivity contribution < 1.29 is 9.53 Å². The van der Waals surface area contributed by atoms with Crippen LogP contribution in [0.3, 0.4) is 0 Å². The summed E-state index contributed by atoms with van der Waals surface area (Å²) < 4.78 is 5.26. The van der Waals surface area contributed by atoms with Crippen LogP contribution in [-0.2, 0) is 16.1 Å². The lowest BCUT2D eigenvalue weighted by molar-refractivity contribution is -0.148. The van der Waals surface area contributed by atoms with E-state index >= 15 is 0 Å². The van der Waals surface area contributed by atoms with Crippen LogP contribution in [-0.4, -0.2) is 18.6 Å². The van der Waals surface area contributed by atoms with Crippen molar-refractivity contribution in [1.29, 1.82) is 0 Å². The zero-order valence-corrected chi connectivity index (χ0v) is 12.4. The zero-order valence-electron chi connectivity index (χ0n) is 12.4. The summed E-state index contributed by atoms with van der Waals surface area (Å²) in [4.78, 5) is 11.4. The van der Waals surface area contributed by atoms with Crippen molar-refractivity contribution in [2.24, 2.45) is 5.92 Å². The van der Waals surface area contributed by atoms with Crippen LogP contribution >= 0.6 is 0 Å². The standard InChI is InChI=1S/C16H25NO2/c1-5-15(11-19-16(18)12(2)3)17-10-14-8-6-13(4)7-9-14/h6-9,12,15,17H,5,10-11H2,1-4H3. The summed E-state index contributed by atoms with van der Waals surface area (Å²) in [7, 11) is 0. The van der Waals surface area contributed by atoms with Crippen molar-refractivity contribution in [2.45, 2.75) is 46.7 Å². The molecule has 0 aliphatic carbocycles. The molecule has 0 aliphatic rings. The number of hydrogen-bond donors (Lipinski definition) is 1. The van der Waals surface area contributed by atoms with Crippen molar-refractivity contribution in [1.82, 2.24) is 5.32 Å². The van der Waals surface area contributed by atoms with Crippen LogP contribution in [0.1, 0.15) is 38.3 Å². The molecule has 0 saturated carbocycles. The van der Waals surface area contributed by atoms with Crippen LogP contribution in [0.4, 0.5) is 0 Å². The molecule has 0 bridgehead atoms. The molecule has 0 fully saturated rings. The Balaban J connectivity index is 2.36. The van der Waals surface area contributed by atoms with Crippen molar-refractivity contribution in [3.63, 3.8) is 0 Å². The second-order valence-electron chi connectivity index (χ2n) is 5.26. The molecular weight excluding hydrogens is 238 g/mol. The maximum Gasteiger partial charge on any atom is 0.308 e. The molecule has 1 unspecified atom stereocenters. The highest BCUT2D eigenvalue weighted by atomic mass is 16.5. The van der Waals surface area contributed by atoms with Gasteiger partial charge in [-0.25, -0.2) is 0 Å². The summed E-state index contributed by atoms with van der Waals surface area (Å²) in [5.74, 6) is -0.190. The lowest BCUT2D eigenvalue weighted by Gasteiger charge is -2.18. The molecule has 0 heterocycles. The fraction of sp³-hybridized carbons (Fsp3) is 0.562. The van der Waals surface area contributed by atoms with Gasteiger partial charge in [0.05, 0.1) is 5.92 Å². The van der Waals surface area contributed by atoms with E-state index in [1.54, 1.807) is 0 Å². The van der Waals surface area contributed by atoms with Gasteiger partial charge in [-0.05, 0) is 18.9 Å². The first-order valence-electron chi connectivity index (χ1n) is 6.98. The topological polar surface area (TPSA) is 38.3 Å². The lowest BCUT2D eigenvalue weighted by Crippen LogP contribution is -2.34. The molecule has 1 aromatic rings. The third-order valence-electron chi connectivity index (χ3n) is 3.11. The molecule has 0 radical (unpaired) electrons. The van der Waals surface area contributed by atoms with Gasteiger partial charge in [0.1, 0.15) is 6.61 Å². The Morgan fingerprint density at radius 3 is 2.42 bits per heavy atom. The van der Waals surface area contributed by atoms with Crippen molar-refractivity contribution in [2.75, 3.05) is 6.61 Å². The van der Waals surface area contributed by atoms with E-state index in [9.17, 15) is 4.79 Å². The third-order valence-corrected chi connectivity index (χ3v) is 3.11. The summed E-state index contributed by atoms with van der Waals surface area (Å²) in [5.41, 5.74) is 2.51. The van der Waals surface area contributed by atoms with Gasteiger partial charge in [0.15, 0.2) is 0 Å². The molecule has 1 aromatic carbocycles. The first-order valence-corrected chi connectivity index (χ1v) is 6.98. The summed E-state index contributed by atoms with van der Waals surface area (Å²) >= 11 is 0. The van der Waals surface area contributed by atoms with Gasteiger partial charge in [0, 0.05) is 12.6 Å². The number of carbonyl (C=O) groups is 1. The molecular formula is C16H25NO2. The van der Waals surface area contributed by atoms with Crippen LogP contribution in [0.15, 0.2) is 24.3 Å². The van der Waals surface area contributed by atoms with Crippen LogP contribution in [0.2, 0.25) is 0 Å². The van der Waals surface area contributed by atoms with E-state index in [0.29, 0.717) is 6.61 Å². The van der Waals surface area contributed by atoms with E-state index in [-0.39, 0.29) is 17.9 Å². The van der Waals surface area contributed by atoms with Gasteiger partial charge in [-0.15, -0.1) is 0 Å². The van der Waals surface area contributed by atoms with E-state index < -0.39 is 0 Å². The monoisotopic (exact) mass is 263 g/mol. The van der Waals surface area contributed by atoms with Gasteiger partial charge in [-0.2, -0.15) is 0 Å². The highest BCUT2D eigenvalue weighted by Gasteiger charge is 2.12. The molecule has 0 aromatic heterocycles. The largest absolute Gasteiger partial charge is 0.464 e. The van der Waals surface area contributed by atoms with Crippen molar-refractivity contribution in [3.8, 4) is 0 Å². The Morgan fingerprint density at radius 2 is 1.89 bits per heavy atom. The molecule has 3 nitrogen and oxygen atoms in total. The van der Waals surface area contributed by atoms with Gasteiger partial charge < -0.3 is 10.1 Å². The Labute approximate surface area is 116 Å². The van der Waals surface area contributed by atoms with Crippen LogP contribution < -0.4 is 5.32 Å². The minimum atomic E-state index is -0.129. The number of benzene rings is 1. The highest BCUT2D eigenvalue weighted by Crippen LogP contribution is 2.04. The Bertz CT molecular complexity index is 384. The van der Waals surface area contributed by atoms with Gasteiger partial charge in [0.2, 0.25) is 0 Å². The minimum Gasteiger partial charge on any atom is -0.464 e. The quantitative estimate of drug-likeness (QED) is 0.768. The number of rotatable bonds is 7. The molecule has 1 rings (SSSR count). The molecule has 106 valence electrons. The predicted molar refractivity (Wildman–Crippen MR) is 77.9 cm³/mol. The third kappa shape index (κ3) is 5.88. The Hall–Kier alpha value is -1.35. The number of carbonyl (C=O) groups excluding carboxylic acids is 1. The van der Waals surface area contributed by atoms with E-state index in [4.69, 9.17) is 4.74 Å². The number of esters is 1. The molecule has 0 amide bonds. The van der Waals surface area contributed by atoms with Crippen LogP contribution in [0.5, 0.6) is 0 Å².